The summed E-state index contributed by atoms with van der Waals surface area (Å²) in [5, 5.41) is 12.8. The van der Waals surface area contributed by atoms with Crippen molar-refractivity contribution in [3.8, 4) is 0 Å². The Kier molecular flexibility index (Phi) is 5.54. The van der Waals surface area contributed by atoms with Crippen LogP contribution >= 0.6 is 23.2 Å². The number of anilines is 1. The van der Waals surface area contributed by atoms with Crippen LogP contribution < -0.4 is 5.32 Å². The van der Waals surface area contributed by atoms with Crippen molar-refractivity contribution in [3.63, 3.8) is 0 Å². The fourth-order valence-electron chi connectivity index (χ4n) is 1.97. The van der Waals surface area contributed by atoms with E-state index in [1.807, 2.05) is 0 Å². The molecule has 0 spiro atoms. The highest BCUT2D eigenvalue weighted by Crippen LogP contribution is 2.27. The molecule has 0 aliphatic heterocycles. The Bertz CT molecular complexity index is 821. The maximum Gasteiger partial charge on any atom is 0.270 e. The van der Waals surface area contributed by atoms with Gasteiger partial charge in [-0.3, -0.25) is 19.7 Å². The van der Waals surface area contributed by atoms with Crippen LogP contribution in [-0.4, -0.2) is 22.0 Å². The molecule has 0 fully saturated rings. The van der Waals surface area contributed by atoms with Crippen LogP contribution in [0.4, 0.5) is 11.4 Å². The minimum absolute atomic E-state index is 0.0389. The number of nitrogens with zero attached hydrogens (tertiary/aromatic N) is 1. The minimum atomic E-state index is -0.830. The van der Waals surface area contributed by atoms with Gasteiger partial charge in [0.05, 0.1) is 21.2 Å². The summed E-state index contributed by atoms with van der Waals surface area (Å²) in [5.74, 6) is -1.07. The molecule has 1 unspecified atom stereocenters. The van der Waals surface area contributed by atoms with Crippen LogP contribution in [0.1, 0.15) is 22.8 Å². The van der Waals surface area contributed by atoms with Gasteiger partial charge in [-0.1, -0.05) is 23.7 Å². The maximum absolute atomic E-state index is 12.7. The summed E-state index contributed by atoms with van der Waals surface area (Å²) >= 11 is 11.7. The van der Waals surface area contributed by atoms with Gasteiger partial charge in [-0.25, -0.2) is 0 Å². The van der Waals surface area contributed by atoms with E-state index in [1.54, 1.807) is 12.1 Å². The Morgan fingerprint density at radius 3 is 2.42 bits per heavy atom. The predicted octanol–water partition coefficient (Wildman–Crippen LogP) is 4.05. The summed E-state index contributed by atoms with van der Waals surface area (Å²) in [7, 11) is 0. The fourth-order valence-corrected chi connectivity index (χ4v) is 2.24. The molecular formula is C16H12Cl2N2O4. The number of carbonyl (C=O) groups excluding carboxylic acids is 2. The van der Waals surface area contributed by atoms with Gasteiger partial charge in [0.15, 0.2) is 5.78 Å². The number of ketones is 1. The van der Waals surface area contributed by atoms with Gasteiger partial charge < -0.3 is 5.32 Å². The molecule has 2 aromatic rings. The van der Waals surface area contributed by atoms with E-state index in [0.29, 0.717) is 0 Å². The summed E-state index contributed by atoms with van der Waals surface area (Å²) in [6, 6.07) is 9.89. The molecule has 2 rings (SSSR count). The third-order valence-electron chi connectivity index (χ3n) is 3.20. The molecule has 124 valence electrons. The predicted molar refractivity (Wildman–Crippen MR) is 91.9 cm³/mol. The lowest BCUT2D eigenvalue weighted by molar-refractivity contribution is -0.384. The van der Waals surface area contributed by atoms with E-state index in [0.717, 1.165) is 6.07 Å². The van der Waals surface area contributed by atoms with Crippen molar-refractivity contribution < 1.29 is 14.5 Å². The van der Waals surface area contributed by atoms with E-state index in [4.69, 9.17) is 23.2 Å². The first-order valence-corrected chi connectivity index (χ1v) is 7.65. The Morgan fingerprint density at radius 1 is 1.17 bits per heavy atom. The highest BCUT2D eigenvalue weighted by molar-refractivity contribution is 6.35. The summed E-state index contributed by atoms with van der Waals surface area (Å²) in [5.41, 5.74) is -0.0117. The number of non-ortho nitro benzene ring substituents is 1. The summed E-state index contributed by atoms with van der Waals surface area (Å²) < 4.78 is 0. The molecule has 0 saturated heterocycles. The zero-order chi connectivity index (χ0) is 17.9. The number of halogens is 2. The molecule has 2 aromatic carbocycles. The topological polar surface area (TPSA) is 89.3 Å². The van der Waals surface area contributed by atoms with Crippen LogP contribution in [0.15, 0.2) is 42.5 Å². The molecule has 0 aromatic heterocycles. The van der Waals surface area contributed by atoms with Gasteiger partial charge in [0.1, 0.15) is 5.38 Å². The van der Waals surface area contributed by atoms with Gasteiger partial charge in [-0.05, 0) is 25.1 Å². The molecule has 1 N–H and O–H groups in total. The zero-order valence-corrected chi connectivity index (χ0v) is 14.0. The van der Waals surface area contributed by atoms with Crippen molar-refractivity contribution >= 4 is 46.3 Å². The normalized spacial score (nSPS) is 11.6. The Morgan fingerprint density at radius 2 is 1.83 bits per heavy atom. The van der Waals surface area contributed by atoms with Crippen LogP contribution in [0.25, 0.3) is 0 Å². The summed E-state index contributed by atoms with van der Waals surface area (Å²) in [4.78, 5) is 34.9. The number of nitro groups is 1. The molecule has 1 atom stereocenters. The van der Waals surface area contributed by atoms with E-state index in [9.17, 15) is 19.7 Å². The first kappa shape index (κ1) is 17.9. The van der Waals surface area contributed by atoms with Crippen LogP contribution in [-0.2, 0) is 4.79 Å². The monoisotopic (exact) mass is 366 g/mol. The Labute approximate surface area is 147 Å². The number of benzene rings is 2. The van der Waals surface area contributed by atoms with Crippen LogP contribution in [0.3, 0.4) is 0 Å². The molecule has 0 aliphatic rings. The molecular weight excluding hydrogens is 355 g/mol. The molecule has 0 saturated carbocycles. The van der Waals surface area contributed by atoms with E-state index in [2.05, 4.69) is 5.32 Å². The molecule has 8 heteroatoms. The Hall–Kier alpha value is -2.44. The summed E-state index contributed by atoms with van der Waals surface area (Å²) in [6.07, 6.45) is 0. The first-order chi connectivity index (χ1) is 11.3. The van der Waals surface area contributed by atoms with Crippen molar-refractivity contribution in [2.45, 2.75) is 12.3 Å². The van der Waals surface area contributed by atoms with Crippen molar-refractivity contribution in [3.05, 3.63) is 68.7 Å². The number of hydrogen-bond donors (Lipinski definition) is 1. The van der Waals surface area contributed by atoms with Gasteiger partial charge in [0.2, 0.25) is 5.91 Å². The number of nitrogens with one attached hydrogen (secondary N) is 1. The van der Waals surface area contributed by atoms with Gasteiger partial charge in [-0.15, -0.1) is 11.6 Å². The molecule has 1 amide bonds. The third kappa shape index (κ3) is 3.90. The molecule has 0 radical (unpaired) electrons. The maximum atomic E-state index is 12.7. The SMILES string of the molecule is CC(Cl)C(=O)Nc1ccc([N+](=O)[O-])cc1C(=O)c1ccccc1Cl. The number of rotatable bonds is 5. The van der Waals surface area contributed by atoms with E-state index < -0.39 is 22.0 Å². The van der Waals surface area contributed by atoms with Crippen molar-refractivity contribution in [1.82, 2.24) is 0 Å². The molecule has 0 heterocycles. The van der Waals surface area contributed by atoms with Crippen LogP contribution in [0.5, 0.6) is 0 Å². The minimum Gasteiger partial charge on any atom is -0.324 e. The number of carbonyl (C=O) groups is 2. The highest BCUT2D eigenvalue weighted by Gasteiger charge is 2.22. The van der Waals surface area contributed by atoms with Crippen molar-refractivity contribution in [1.29, 1.82) is 0 Å². The highest BCUT2D eigenvalue weighted by atomic mass is 35.5. The molecule has 6 nitrogen and oxygen atoms in total. The van der Waals surface area contributed by atoms with Gasteiger partial charge in [0, 0.05) is 17.7 Å². The fraction of sp³-hybridized carbons (Fsp3) is 0.125. The lowest BCUT2D eigenvalue weighted by Gasteiger charge is -2.12. The number of nitro benzene ring substituents is 1. The van der Waals surface area contributed by atoms with Crippen molar-refractivity contribution in [2.24, 2.45) is 0 Å². The second-order valence-electron chi connectivity index (χ2n) is 4.90. The van der Waals surface area contributed by atoms with Crippen LogP contribution in [0, 0.1) is 10.1 Å². The van der Waals surface area contributed by atoms with Gasteiger partial charge >= 0.3 is 0 Å². The standard InChI is InChI=1S/C16H12Cl2N2O4/c1-9(17)16(22)19-14-7-6-10(20(23)24)8-12(14)15(21)11-4-2-3-5-13(11)18/h2-9H,1H3,(H,19,22). The van der Waals surface area contributed by atoms with E-state index in [-0.39, 0.29) is 27.5 Å². The second kappa shape index (κ2) is 7.42. The number of hydrogen-bond acceptors (Lipinski definition) is 4. The van der Waals surface area contributed by atoms with Crippen LogP contribution in [0.2, 0.25) is 5.02 Å². The Balaban J connectivity index is 2.54. The average Bonchev–Trinajstić information content (AvgIpc) is 2.54. The van der Waals surface area contributed by atoms with E-state index in [1.165, 1.54) is 31.2 Å². The van der Waals surface area contributed by atoms with Gasteiger partial charge in [-0.2, -0.15) is 0 Å². The molecule has 0 aliphatic carbocycles. The summed E-state index contributed by atoms with van der Waals surface area (Å²) in [6.45, 7) is 1.47. The second-order valence-corrected chi connectivity index (χ2v) is 5.96. The van der Waals surface area contributed by atoms with Gasteiger partial charge in [0.25, 0.3) is 5.69 Å². The zero-order valence-electron chi connectivity index (χ0n) is 12.5. The lowest BCUT2D eigenvalue weighted by Crippen LogP contribution is -2.22. The largest absolute Gasteiger partial charge is 0.324 e. The lowest BCUT2D eigenvalue weighted by atomic mass is 10.0. The average molecular weight is 367 g/mol. The first-order valence-electron chi connectivity index (χ1n) is 6.84. The quantitative estimate of drug-likeness (QED) is 0.374. The van der Waals surface area contributed by atoms with Crippen molar-refractivity contribution in [2.75, 3.05) is 5.32 Å². The molecule has 0 bridgehead atoms. The third-order valence-corrected chi connectivity index (χ3v) is 3.72. The smallest absolute Gasteiger partial charge is 0.270 e. The molecule has 24 heavy (non-hydrogen) atoms. The number of amides is 1. The number of alkyl halides is 1. The van der Waals surface area contributed by atoms with E-state index >= 15 is 0 Å².